The van der Waals surface area contributed by atoms with Crippen molar-refractivity contribution in [2.75, 3.05) is 19.0 Å². The van der Waals surface area contributed by atoms with Crippen molar-refractivity contribution in [3.8, 4) is 5.75 Å². The van der Waals surface area contributed by atoms with Gasteiger partial charge in [0.1, 0.15) is 11.4 Å². The number of nitro groups is 1. The Hall–Kier alpha value is -3.13. The Balaban J connectivity index is 1.91. The lowest BCUT2D eigenvalue weighted by Gasteiger charge is -2.08. The monoisotopic (exact) mass is 378 g/mol. The smallest absolute Gasteiger partial charge is 0.310 e. The molecule has 0 aliphatic heterocycles. The number of carbonyl (C=O) groups excluding carboxylic acids is 2. The lowest BCUT2D eigenvalue weighted by molar-refractivity contribution is -0.384. The molecule has 0 aliphatic rings. The number of nitrogens with zero attached hydrogens (tertiary/aromatic N) is 1. The molecule has 0 unspecified atom stereocenters. The molecular formula is C17H15ClN2O6. The quantitative estimate of drug-likeness (QED) is 0.451. The zero-order valence-electron chi connectivity index (χ0n) is 13.7. The van der Waals surface area contributed by atoms with E-state index in [1.807, 2.05) is 0 Å². The van der Waals surface area contributed by atoms with Gasteiger partial charge >= 0.3 is 5.97 Å². The zero-order valence-corrected chi connectivity index (χ0v) is 14.5. The molecule has 0 aromatic heterocycles. The molecule has 0 spiro atoms. The van der Waals surface area contributed by atoms with Gasteiger partial charge in [-0.3, -0.25) is 19.7 Å². The summed E-state index contributed by atoms with van der Waals surface area (Å²) in [5, 5.41) is 14.0. The molecule has 0 aliphatic carbocycles. The van der Waals surface area contributed by atoms with E-state index in [1.54, 1.807) is 24.3 Å². The predicted molar refractivity (Wildman–Crippen MR) is 94.4 cm³/mol. The van der Waals surface area contributed by atoms with E-state index in [0.717, 1.165) is 0 Å². The van der Waals surface area contributed by atoms with E-state index in [1.165, 1.54) is 25.3 Å². The number of benzene rings is 2. The van der Waals surface area contributed by atoms with Crippen LogP contribution in [0.15, 0.2) is 42.5 Å². The molecule has 0 heterocycles. The minimum absolute atomic E-state index is 0.0189. The second kappa shape index (κ2) is 8.82. The molecule has 0 saturated heterocycles. The highest BCUT2D eigenvalue weighted by Gasteiger charge is 2.18. The number of hydrogen-bond donors (Lipinski definition) is 1. The van der Waals surface area contributed by atoms with Gasteiger partial charge in [-0.15, -0.1) is 0 Å². The van der Waals surface area contributed by atoms with Crippen molar-refractivity contribution in [1.82, 2.24) is 0 Å². The number of amides is 1. The van der Waals surface area contributed by atoms with E-state index < -0.39 is 23.4 Å². The van der Waals surface area contributed by atoms with Crippen molar-refractivity contribution in [3.63, 3.8) is 0 Å². The Morgan fingerprint density at radius 3 is 2.50 bits per heavy atom. The van der Waals surface area contributed by atoms with Crippen molar-refractivity contribution in [2.45, 2.75) is 6.42 Å². The van der Waals surface area contributed by atoms with Crippen LogP contribution in [0.3, 0.4) is 0 Å². The van der Waals surface area contributed by atoms with Gasteiger partial charge in [-0.1, -0.05) is 23.7 Å². The normalized spacial score (nSPS) is 10.1. The second-order valence-corrected chi connectivity index (χ2v) is 5.59. The largest absolute Gasteiger partial charge is 0.496 e. The Kier molecular flexibility index (Phi) is 6.51. The highest BCUT2D eigenvalue weighted by Crippen LogP contribution is 2.28. The summed E-state index contributed by atoms with van der Waals surface area (Å²) >= 11 is 5.76. The van der Waals surface area contributed by atoms with Crippen LogP contribution in [0.4, 0.5) is 11.4 Å². The van der Waals surface area contributed by atoms with Gasteiger partial charge < -0.3 is 14.8 Å². The molecular weight excluding hydrogens is 364 g/mol. The fourth-order valence-electron chi connectivity index (χ4n) is 2.05. The summed E-state index contributed by atoms with van der Waals surface area (Å²) in [7, 11) is 1.37. The third-order valence-electron chi connectivity index (χ3n) is 3.30. The summed E-state index contributed by atoms with van der Waals surface area (Å²) in [6.45, 7) is -0.560. The van der Waals surface area contributed by atoms with E-state index in [-0.39, 0.29) is 23.5 Å². The molecule has 2 aromatic carbocycles. The molecule has 9 heteroatoms. The average Bonchev–Trinajstić information content (AvgIpc) is 2.62. The SMILES string of the molecule is COc1ccc(NC(=O)COC(=O)Cc2ccc(Cl)cc2)c([N+](=O)[O-])c1. The van der Waals surface area contributed by atoms with Crippen LogP contribution in [0.5, 0.6) is 5.75 Å². The van der Waals surface area contributed by atoms with Crippen molar-refractivity contribution >= 4 is 34.9 Å². The minimum atomic E-state index is -0.692. The Morgan fingerprint density at radius 2 is 1.88 bits per heavy atom. The van der Waals surface area contributed by atoms with E-state index in [4.69, 9.17) is 21.1 Å². The second-order valence-electron chi connectivity index (χ2n) is 5.15. The lowest BCUT2D eigenvalue weighted by Crippen LogP contribution is -2.22. The van der Waals surface area contributed by atoms with Crippen molar-refractivity contribution < 1.29 is 24.0 Å². The van der Waals surface area contributed by atoms with Crippen LogP contribution in [-0.2, 0) is 20.7 Å². The fraction of sp³-hybridized carbons (Fsp3) is 0.176. The first-order valence-electron chi connectivity index (χ1n) is 7.41. The van der Waals surface area contributed by atoms with Crippen LogP contribution < -0.4 is 10.1 Å². The summed E-state index contributed by atoms with van der Waals surface area (Å²) in [5.41, 5.74) is 0.338. The van der Waals surface area contributed by atoms with Gasteiger partial charge in [-0.05, 0) is 29.8 Å². The lowest BCUT2D eigenvalue weighted by atomic mass is 10.1. The van der Waals surface area contributed by atoms with Crippen molar-refractivity contribution in [1.29, 1.82) is 0 Å². The number of hydrogen-bond acceptors (Lipinski definition) is 6. The van der Waals surface area contributed by atoms with Crippen molar-refractivity contribution in [2.24, 2.45) is 0 Å². The van der Waals surface area contributed by atoms with Crippen LogP contribution in [0, 0.1) is 10.1 Å². The number of halogens is 1. The van der Waals surface area contributed by atoms with Gasteiger partial charge in [0.05, 0.1) is 24.5 Å². The Labute approximate surface area is 153 Å². The topological polar surface area (TPSA) is 108 Å². The van der Waals surface area contributed by atoms with Gasteiger partial charge in [-0.2, -0.15) is 0 Å². The van der Waals surface area contributed by atoms with Gasteiger partial charge in [0.25, 0.3) is 11.6 Å². The zero-order chi connectivity index (χ0) is 19.1. The third-order valence-corrected chi connectivity index (χ3v) is 3.55. The number of rotatable bonds is 7. The molecule has 0 bridgehead atoms. The maximum atomic E-state index is 11.9. The van der Waals surface area contributed by atoms with Crippen LogP contribution in [0.2, 0.25) is 5.02 Å². The number of ether oxygens (including phenoxy) is 2. The highest BCUT2D eigenvalue weighted by molar-refractivity contribution is 6.30. The van der Waals surface area contributed by atoms with Gasteiger partial charge in [-0.25, -0.2) is 0 Å². The molecule has 26 heavy (non-hydrogen) atoms. The van der Waals surface area contributed by atoms with Crippen LogP contribution in [0.25, 0.3) is 0 Å². The van der Waals surface area contributed by atoms with E-state index >= 15 is 0 Å². The maximum absolute atomic E-state index is 11.9. The molecule has 2 rings (SSSR count). The van der Waals surface area contributed by atoms with Crippen molar-refractivity contribution in [3.05, 3.63) is 63.2 Å². The van der Waals surface area contributed by atoms with Crippen LogP contribution >= 0.6 is 11.6 Å². The number of nitrogens with one attached hydrogen (secondary N) is 1. The summed E-state index contributed by atoms with van der Waals surface area (Å²) in [6, 6.07) is 10.6. The van der Waals surface area contributed by atoms with E-state index in [9.17, 15) is 19.7 Å². The first kappa shape index (κ1) is 19.2. The number of anilines is 1. The average molecular weight is 379 g/mol. The number of nitro benzene ring substituents is 1. The summed E-state index contributed by atoms with van der Waals surface area (Å²) < 4.78 is 9.79. The Bertz CT molecular complexity index is 823. The molecule has 2 aromatic rings. The molecule has 0 radical (unpaired) electrons. The molecule has 0 saturated carbocycles. The number of methoxy groups -OCH3 is 1. The summed E-state index contributed by atoms with van der Waals surface area (Å²) in [5.74, 6) is -1.02. The molecule has 0 fully saturated rings. The summed E-state index contributed by atoms with van der Waals surface area (Å²) in [4.78, 5) is 34.1. The predicted octanol–water partition coefficient (Wildman–Crippen LogP) is 2.98. The molecule has 0 atom stereocenters. The molecule has 1 amide bonds. The fourth-order valence-corrected chi connectivity index (χ4v) is 2.17. The molecule has 8 nitrogen and oxygen atoms in total. The molecule has 136 valence electrons. The van der Waals surface area contributed by atoms with E-state index in [0.29, 0.717) is 10.6 Å². The molecule has 1 N–H and O–H groups in total. The standard InChI is InChI=1S/C17H15ClN2O6/c1-25-13-6-7-14(15(9-13)20(23)24)19-16(21)10-26-17(22)8-11-2-4-12(18)5-3-11/h2-7,9H,8,10H2,1H3,(H,19,21). The summed E-state index contributed by atoms with van der Waals surface area (Å²) in [6.07, 6.45) is -0.0207. The third kappa shape index (κ3) is 5.45. The van der Waals surface area contributed by atoms with Crippen LogP contribution in [-0.4, -0.2) is 30.5 Å². The van der Waals surface area contributed by atoms with E-state index in [2.05, 4.69) is 5.32 Å². The Morgan fingerprint density at radius 1 is 1.19 bits per heavy atom. The number of esters is 1. The maximum Gasteiger partial charge on any atom is 0.310 e. The van der Waals surface area contributed by atoms with Gasteiger partial charge in [0.2, 0.25) is 0 Å². The minimum Gasteiger partial charge on any atom is -0.496 e. The highest BCUT2D eigenvalue weighted by atomic mass is 35.5. The van der Waals surface area contributed by atoms with Crippen LogP contribution in [0.1, 0.15) is 5.56 Å². The first-order chi connectivity index (χ1) is 12.4. The van der Waals surface area contributed by atoms with Gasteiger partial charge in [0, 0.05) is 5.02 Å². The van der Waals surface area contributed by atoms with Gasteiger partial charge in [0.15, 0.2) is 6.61 Å². The first-order valence-corrected chi connectivity index (χ1v) is 7.79. The number of carbonyl (C=O) groups is 2.